The Labute approximate surface area is 239 Å². The molecule has 2 amide bonds. The van der Waals surface area contributed by atoms with E-state index < -0.39 is 30.3 Å². The van der Waals surface area contributed by atoms with Gasteiger partial charge >= 0.3 is 6.09 Å². The Morgan fingerprint density at radius 1 is 1.07 bits per heavy atom. The molecule has 1 saturated heterocycles. The van der Waals surface area contributed by atoms with Crippen LogP contribution in [0, 0.1) is 12.8 Å². The summed E-state index contributed by atoms with van der Waals surface area (Å²) in [6.45, 7) is 2.73. The minimum atomic E-state index is -2.96. The number of carboxylic acid groups (broad SMARTS) is 1. The van der Waals surface area contributed by atoms with Crippen LogP contribution in [0.5, 0.6) is 11.6 Å². The van der Waals surface area contributed by atoms with Crippen molar-refractivity contribution in [1.29, 1.82) is 0 Å². The topological polar surface area (TPSA) is 130 Å². The van der Waals surface area contributed by atoms with E-state index in [2.05, 4.69) is 25.6 Å². The molecule has 12 heteroatoms. The maximum absolute atomic E-state index is 13.5. The Hall–Kier alpha value is -4.87. The highest BCUT2D eigenvalue weighted by Gasteiger charge is 2.61. The van der Waals surface area contributed by atoms with Crippen LogP contribution in [0.2, 0.25) is 0 Å². The first-order valence-corrected chi connectivity index (χ1v) is 13.6. The van der Waals surface area contributed by atoms with Gasteiger partial charge in [-0.25, -0.2) is 28.5 Å². The van der Waals surface area contributed by atoms with Crippen molar-refractivity contribution in [3.05, 3.63) is 66.5 Å². The molecule has 3 N–H and O–H groups in total. The van der Waals surface area contributed by atoms with Crippen LogP contribution in [0.3, 0.4) is 0 Å². The smallest absolute Gasteiger partial charge is 0.407 e. The molecule has 2 aliphatic rings. The van der Waals surface area contributed by atoms with E-state index >= 15 is 0 Å². The highest BCUT2D eigenvalue weighted by atomic mass is 19.3. The molecule has 216 valence electrons. The number of nitrogens with zero attached hydrogens (tertiary/aromatic N) is 4. The van der Waals surface area contributed by atoms with E-state index in [0.717, 1.165) is 18.4 Å². The lowest BCUT2D eigenvalue weighted by atomic mass is 10.0. The van der Waals surface area contributed by atoms with E-state index in [1.807, 2.05) is 31.2 Å². The highest BCUT2D eigenvalue weighted by Crippen LogP contribution is 2.49. The number of aryl methyl sites for hydroxylation is 1. The Morgan fingerprint density at radius 3 is 2.69 bits per heavy atom. The van der Waals surface area contributed by atoms with E-state index in [-0.39, 0.29) is 6.04 Å². The van der Waals surface area contributed by atoms with E-state index in [9.17, 15) is 23.5 Å². The quantitative estimate of drug-likeness (QED) is 0.247. The number of amides is 2. The number of alkyl halides is 2. The van der Waals surface area contributed by atoms with E-state index in [4.69, 9.17) is 4.74 Å². The lowest BCUT2D eigenvalue weighted by molar-refractivity contribution is -0.119. The van der Waals surface area contributed by atoms with Gasteiger partial charge in [-0.05, 0) is 49.6 Å². The molecular formula is C30H28F2N6O4. The van der Waals surface area contributed by atoms with E-state index in [0.29, 0.717) is 58.4 Å². The number of nitrogens with one attached hydrogen (secondary N) is 2. The molecule has 1 aliphatic carbocycles. The van der Waals surface area contributed by atoms with Crippen molar-refractivity contribution in [2.45, 2.75) is 38.2 Å². The number of hydrogen-bond donors (Lipinski definition) is 3. The van der Waals surface area contributed by atoms with Crippen molar-refractivity contribution in [3.8, 4) is 22.9 Å². The molecule has 1 saturated carbocycles. The highest BCUT2D eigenvalue weighted by molar-refractivity contribution is 6.06. The third kappa shape index (κ3) is 5.52. The molecule has 42 heavy (non-hydrogen) atoms. The second-order valence-electron chi connectivity index (χ2n) is 10.6. The number of hydrogen-bond acceptors (Lipinski definition) is 7. The summed E-state index contributed by atoms with van der Waals surface area (Å²) < 4.78 is 33.3. The first-order chi connectivity index (χ1) is 20.2. The summed E-state index contributed by atoms with van der Waals surface area (Å²) in [5.74, 6) is -3.82. The van der Waals surface area contributed by atoms with Crippen LogP contribution in [0.15, 0.2) is 60.9 Å². The second-order valence-corrected chi connectivity index (χ2v) is 10.6. The van der Waals surface area contributed by atoms with Crippen molar-refractivity contribution in [2.75, 3.05) is 23.7 Å². The molecule has 10 nitrogen and oxygen atoms in total. The molecular weight excluding hydrogens is 546 g/mol. The van der Waals surface area contributed by atoms with E-state index in [1.165, 1.54) is 4.90 Å². The minimum absolute atomic E-state index is 0.117. The first kappa shape index (κ1) is 27.3. The Bertz CT molecular complexity index is 1680. The normalized spacial score (nSPS) is 19.3. The number of piperidine rings is 1. The summed E-state index contributed by atoms with van der Waals surface area (Å²) in [6, 6.07) is 14.1. The molecule has 1 unspecified atom stereocenters. The summed E-state index contributed by atoms with van der Waals surface area (Å²) in [5.41, 5.74) is 2.39. The lowest BCUT2D eigenvalue weighted by Gasteiger charge is -2.31. The van der Waals surface area contributed by atoms with Crippen molar-refractivity contribution >= 4 is 34.4 Å². The fraction of sp³-hybridized carbons (Fsp3) is 0.300. The summed E-state index contributed by atoms with van der Waals surface area (Å²) in [5, 5.41) is 16.6. The zero-order valence-electron chi connectivity index (χ0n) is 22.7. The molecule has 0 radical (unpaired) electrons. The second kappa shape index (κ2) is 10.8. The van der Waals surface area contributed by atoms with Gasteiger partial charge in [-0.3, -0.25) is 4.79 Å². The van der Waals surface area contributed by atoms with Crippen LogP contribution >= 0.6 is 0 Å². The van der Waals surface area contributed by atoms with Gasteiger partial charge in [-0.1, -0.05) is 24.3 Å². The largest absolute Gasteiger partial charge is 0.465 e. The number of halogens is 2. The standard InChI is InChI=1S/C30H28F2N6O4/c1-17-9-10-19-20(6-2-8-23(19)36-26(39)22-15-30(22,31)32)25(17)42-27-21(7-3-12-33-27)24-11-13-34-28(37-24)35-18-5-4-14-38(16-18)29(40)41/h2-3,6-13,18,22H,4-5,14-16H2,1H3,(H,36,39)(H,40,41)(H,34,35,37)/t18?,22-/m0/s1. The Morgan fingerprint density at radius 2 is 1.90 bits per heavy atom. The monoisotopic (exact) mass is 574 g/mol. The average Bonchev–Trinajstić information content (AvgIpc) is 3.63. The maximum atomic E-state index is 13.5. The molecule has 0 spiro atoms. The minimum Gasteiger partial charge on any atom is -0.465 e. The average molecular weight is 575 g/mol. The summed E-state index contributed by atoms with van der Waals surface area (Å²) in [6.07, 6.45) is 3.36. The summed E-state index contributed by atoms with van der Waals surface area (Å²) in [7, 11) is 0. The molecule has 6 rings (SSSR count). The van der Waals surface area contributed by atoms with Gasteiger partial charge in [0.15, 0.2) is 0 Å². The number of fused-ring (bicyclic) bond motifs is 1. The number of pyridine rings is 1. The van der Waals surface area contributed by atoms with Crippen molar-refractivity contribution in [2.24, 2.45) is 5.92 Å². The predicted octanol–water partition coefficient (Wildman–Crippen LogP) is 5.94. The lowest BCUT2D eigenvalue weighted by Crippen LogP contribution is -2.44. The molecule has 4 aromatic rings. The number of carbonyl (C=O) groups is 2. The Balaban J connectivity index is 1.28. The SMILES string of the molecule is Cc1ccc2c(NC(=O)[C@@H]3CC3(F)F)cccc2c1Oc1ncccc1-c1ccnc(NC2CCCN(C(=O)O)C2)n1. The van der Waals surface area contributed by atoms with E-state index in [1.54, 1.807) is 36.7 Å². The number of ether oxygens (including phenoxy) is 1. The van der Waals surface area contributed by atoms with Gasteiger partial charge in [0.05, 0.1) is 11.3 Å². The Kier molecular flexibility index (Phi) is 7.05. The molecule has 2 atom stereocenters. The maximum Gasteiger partial charge on any atom is 0.407 e. The fourth-order valence-electron chi connectivity index (χ4n) is 5.19. The molecule has 3 heterocycles. The van der Waals surface area contributed by atoms with Crippen molar-refractivity contribution in [1.82, 2.24) is 19.9 Å². The summed E-state index contributed by atoms with van der Waals surface area (Å²) in [4.78, 5) is 38.6. The molecule has 1 aliphatic heterocycles. The predicted molar refractivity (Wildman–Crippen MR) is 152 cm³/mol. The zero-order chi connectivity index (χ0) is 29.4. The molecule has 2 aromatic carbocycles. The van der Waals surface area contributed by atoms with Crippen molar-refractivity contribution < 1.29 is 28.2 Å². The number of benzene rings is 2. The number of likely N-dealkylation sites (tertiary alicyclic amines) is 1. The third-order valence-corrected chi connectivity index (χ3v) is 7.54. The van der Waals surface area contributed by atoms with Crippen LogP contribution in [-0.2, 0) is 4.79 Å². The van der Waals surface area contributed by atoms with Gasteiger partial charge in [0.1, 0.15) is 11.7 Å². The van der Waals surface area contributed by atoms with Gasteiger partial charge < -0.3 is 25.4 Å². The van der Waals surface area contributed by atoms with Gasteiger partial charge in [0.25, 0.3) is 5.92 Å². The third-order valence-electron chi connectivity index (χ3n) is 7.54. The molecule has 2 fully saturated rings. The van der Waals surface area contributed by atoms with Crippen LogP contribution in [-0.4, -0.2) is 62.0 Å². The van der Waals surface area contributed by atoms with Gasteiger partial charge in [-0.2, -0.15) is 0 Å². The number of anilines is 2. The van der Waals surface area contributed by atoms with Gasteiger partial charge in [0, 0.05) is 54.4 Å². The van der Waals surface area contributed by atoms with Crippen LogP contribution in [0.25, 0.3) is 22.0 Å². The number of carbonyl (C=O) groups excluding carboxylic acids is 1. The van der Waals surface area contributed by atoms with Crippen molar-refractivity contribution in [3.63, 3.8) is 0 Å². The van der Waals surface area contributed by atoms with Gasteiger partial charge in [0.2, 0.25) is 17.7 Å². The number of rotatable bonds is 7. The number of aromatic nitrogens is 3. The first-order valence-electron chi connectivity index (χ1n) is 13.6. The fourth-order valence-corrected chi connectivity index (χ4v) is 5.19. The van der Waals surface area contributed by atoms with Gasteiger partial charge in [-0.15, -0.1) is 0 Å². The van der Waals surface area contributed by atoms with Crippen LogP contribution in [0.1, 0.15) is 24.8 Å². The molecule has 0 bridgehead atoms. The molecule has 2 aromatic heterocycles. The summed E-state index contributed by atoms with van der Waals surface area (Å²) >= 11 is 0. The zero-order valence-corrected chi connectivity index (χ0v) is 22.7. The van der Waals surface area contributed by atoms with Crippen LogP contribution < -0.4 is 15.4 Å². The van der Waals surface area contributed by atoms with Crippen LogP contribution in [0.4, 0.5) is 25.2 Å².